The fraction of sp³-hybridized carbons (Fsp3) is 0.800. The molecule has 0 bridgehead atoms. The minimum atomic E-state index is -4.52. The first-order chi connectivity index (χ1) is 17.0. The summed E-state index contributed by atoms with van der Waals surface area (Å²) in [5.74, 6) is 0. The molecule has 0 fully saturated rings. The first-order valence-corrected chi connectivity index (χ1v) is 16.2. The van der Waals surface area contributed by atoms with Crippen LogP contribution in [0.5, 0.6) is 0 Å². The summed E-state index contributed by atoms with van der Waals surface area (Å²) in [6, 6.07) is 7.58. The topological polar surface area (TPSA) is 60.4 Å². The number of unbranched alkanes of at least 4 members (excludes halogenated alkanes) is 18. The van der Waals surface area contributed by atoms with Crippen LogP contribution in [0.4, 0.5) is 5.69 Å². The van der Waals surface area contributed by atoms with Crippen LogP contribution in [0.1, 0.15) is 148 Å². The van der Waals surface area contributed by atoms with Crippen LogP contribution in [-0.4, -0.2) is 19.5 Å². The number of nitrogens with zero attached hydrogens (tertiary/aromatic N) is 1. The van der Waals surface area contributed by atoms with E-state index in [2.05, 4.69) is 13.8 Å². The summed E-state index contributed by atoms with van der Waals surface area (Å²) in [5, 5.41) is 0. The van der Waals surface area contributed by atoms with Gasteiger partial charge in [0.05, 0.1) is 5.69 Å². The number of para-hydroxylation sites is 1. The van der Waals surface area contributed by atoms with Gasteiger partial charge in [0.15, 0.2) is 10.3 Å². The van der Waals surface area contributed by atoms with Gasteiger partial charge in [-0.05, 0) is 30.9 Å². The van der Waals surface area contributed by atoms with Gasteiger partial charge in [0.25, 0.3) is 0 Å². The van der Waals surface area contributed by atoms with E-state index in [-0.39, 0.29) is 36.1 Å². The van der Waals surface area contributed by atoms with Crippen molar-refractivity contribution in [2.75, 3.05) is 10.8 Å². The summed E-state index contributed by atoms with van der Waals surface area (Å²) in [4.78, 5) is 0. The second-order valence-corrected chi connectivity index (χ2v) is 11.6. The van der Waals surface area contributed by atoms with E-state index in [0.717, 1.165) is 48.4 Å². The molecule has 0 saturated heterocycles. The van der Waals surface area contributed by atoms with Crippen molar-refractivity contribution in [3.05, 3.63) is 29.8 Å². The average molecular weight is 532 g/mol. The van der Waals surface area contributed by atoms with Gasteiger partial charge in [-0.25, -0.2) is 8.42 Å². The molecule has 0 radical (unpaired) electrons. The third kappa shape index (κ3) is 18.2. The van der Waals surface area contributed by atoms with Crippen LogP contribution < -0.4 is 33.9 Å². The Morgan fingerprint density at radius 1 is 0.611 bits per heavy atom. The fourth-order valence-corrected chi connectivity index (χ4v) is 5.64. The van der Waals surface area contributed by atoms with Crippen LogP contribution in [0.25, 0.3) is 0 Å². The SMILES string of the molecule is CCCCCCCCCCCCc1ccccc1N(CCCCCCCCCCCC)S(=O)(=O)[O-].[Na+]. The Hall–Kier alpha value is -0.0700. The van der Waals surface area contributed by atoms with E-state index in [9.17, 15) is 13.0 Å². The summed E-state index contributed by atoms with van der Waals surface area (Å²) in [6.07, 6.45) is 25.5. The molecule has 1 rings (SSSR count). The minimum Gasteiger partial charge on any atom is -0.731 e. The van der Waals surface area contributed by atoms with Crippen LogP contribution in [0.15, 0.2) is 24.3 Å². The maximum absolute atomic E-state index is 12.1. The van der Waals surface area contributed by atoms with Gasteiger partial charge in [0.2, 0.25) is 0 Å². The van der Waals surface area contributed by atoms with Gasteiger partial charge < -0.3 is 4.55 Å². The van der Waals surface area contributed by atoms with Crippen molar-refractivity contribution in [3.8, 4) is 0 Å². The number of hydrogen-bond acceptors (Lipinski definition) is 3. The van der Waals surface area contributed by atoms with Crippen molar-refractivity contribution in [3.63, 3.8) is 0 Å². The number of aryl methyl sites for hydroxylation is 1. The molecule has 0 atom stereocenters. The van der Waals surface area contributed by atoms with Crippen LogP contribution in [0, 0.1) is 0 Å². The van der Waals surface area contributed by atoms with Crippen LogP contribution in [0.3, 0.4) is 0 Å². The number of anilines is 1. The average Bonchev–Trinajstić information content (AvgIpc) is 2.83. The second kappa shape index (κ2) is 24.0. The second-order valence-electron chi connectivity index (χ2n) is 10.3. The molecule has 1 aromatic carbocycles. The number of hydrogen-bond donors (Lipinski definition) is 0. The third-order valence-corrected chi connectivity index (χ3v) is 7.96. The van der Waals surface area contributed by atoms with Crippen molar-refractivity contribution in [1.82, 2.24) is 0 Å². The summed E-state index contributed by atoms with van der Waals surface area (Å²) in [7, 11) is -4.52. The predicted octanol–water partition coefficient (Wildman–Crippen LogP) is 6.34. The van der Waals surface area contributed by atoms with Gasteiger partial charge in [-0.2, -0.15) is 0 Å². The van der Waals surface area contributed by atoms with Crippen LogP contribution in [-0.2, 0) is 16.7 Å². The molecule has 0 aromatic heterocycles. The third-order valence-electron chi connectivity index (χ3n) is 7.04. The molecule has 0 amide bonds. The molecule has 0 aliphatic rings. The van der Waals surface area contributed by atoms with E-state index in [1.807, 2.05) is 18.2 Å². The summed E-state index contributed by atoms with van der Waals surface area (Å²) in [5.41, 5.74) is 1.58. The fourth-order valence-electron chi connectivity index (χ4n) is 4.86. The first kappa shape index (κ1) is 35.9. The molecule has 0 N–H and O–H groups in total. The van der Waals surface area contributed by atoms with E-state index in [0.29, 0.717) is 5.69 Å². The zero-order chi connectivity index (χ0) is 25.6. The molecule has 36 heavy (non-hydrogen) atoms. The smallest absolute Gasteiger partial charge is 0.731 e. The molecular weight excluding hydrogens is 477 g/mol. The molecule has 0 saturated carbocycles. The Morgan fingerprint density at radius 3 is 1.44 bits per heavy atom. The molecule has 0 heterocycles. The molecule has 0 aliphatic carbocycles. The molecule has 1 aromatic rings. The maximum atomic E-state index is 12.1. The van der Waals surface area contributed by atoms with Crippen molar-refractivity contribution >= 4 is 16.0 Å². The maximum Gasteiger partial charge on any atom is 1.00 e. The van der Waals surface area contributed by atoms with Gasteiger partial charge in [-0.3, -0.25) is 4.31 Å². The summed E-state index contributed by atoms with van der Waals surface area (Å²) in [6.45, 7) is 4.78. The van der Waals surface area contributed by atoms with E-state index < -0.39 is 10.3 Å². The van der Waals surface area contributed by atoms with E-state index in [4.69, 9.17) is 0 Å². The van der Waals surface area contributed by atoms with Crippen molar-refractivity contribution in [2.24, 2.45) is 0 Å². The molecule has 0 aliphatic heterocycles. The summed E-state index contributed by atoms with van der Waals surface area (Å²) < 4.78 is 37.4. The minimum absolute atomic E-state index is 0. The molecule has 0 unspecified atom stereocenters. The van der Waals surface area contributed by atoms with E-state index >= 15 is 0 Å². The van der Waals surface area contributed by atoms with Crippen LogP contribution >= 0.6 is 0 Å². The number of benzene rings is 1. The van der Waals surface area contributed by atoms with Gasteiger partial charge in [-0.1, -0.05) is 148 Å². The molecule has 6 heteroatoms. The Balaban J connectivity index is 0.0000122. The van der Waals surface area contributed by atoms with Crippen molar-refractivity contribution in [2.45, 2.75) is 149 Å². The Morgan fingerprint density at radius 2 is 1.00 bits per heavy atom. The normalized spacial score (nSPS) is 11.4. The molecular formula is C30H54NNaO3S. The van der Waals surface area contributed by atoms with Gasteiger partial charge in [0, 0.05) is 6.54 Å². The van der Waals surface area contributed by atoms with Gasteiger partial charge >= 0.3 is 29.6 Å². The van der Waals surface area contributed by atoms with E-state index in [1.165, 1.54) is 96.3 Å². The Labute approximate surface area is 246 Å². The van der Waals surface area contributed by atoms with Crippen molar-refractivity contribution in [1.29, 1.82) is 0 Å². The predicted molar refractivity (Wildman–Crippen MR) is 151 cm³/mol. The van der Waals surface area contributed by atoms with E-state index in [1.54, 1.807) is 6.07 Å². The standard InChI is InChI=1S/C30H55NO3S.Na/c1-3-5-7-9-11-13-15-17-19-21-25-29-26-22-23-27-30(29)31(35(32,33)34)28-24-20-18-16-14-12-10-8-6-4-2;/h22-23,26-27H,3-21,24-25,28H2,1-2H3,(H,32,33,34);/q;+1/p-1. The van der Waals surface area contributed by atoms with Gasteiger partial charge in [-0.15, -0.1) is 0 Å². The summed E-state index contributed by atoms with van der Waals surface area (Å²) >= 11 is 0. The Bertz CT molecular complexity index is 727. The zero-order valence-electron chi connectivity index (χ0n) is 23.9. The largest absolute Gasteiger partial charge is 1.00 e. The molecule has 0 spiro atoms. The number of rotatable bonds is 24. The monoisotopic (exact) mass is 531 g/mol. The van der Waals surface area contributed by atoms with Crippen molar-refractivity contribution < 1.29 is 42.5 Å². The van der Waals surface area contributed by atoms with Crippen LogP contribution in [0.2, 0.25) is 0 Å². The van der Waals surface area contributed by atoms with Gasteiger partial charge in [0.1, 0.15) is 0 Å². The zero-order valence-corrected chi connectivity index (χ0v) is 26.8. The molecule has 204 valence electrons. The Kier molecular flexibility index (Phi) is 24.0. The quantitative estimate of drug-likeness (QED) is 0.0888. The molecule has 4 nitrogen and oxygen atoms in total. The first-order valence-electron chi connectivity index (χ1n) is 14.8.